The van der Waals surface area contributed by atoms with Crippen molar-refractivity contribution in [2.45, 2.75) is 6.42 Å². The molecule has 1 heterocycles. The third kappa shape index (κ3) is 3.99. The average Bonchev–Trinajstić information content (AvgIpc) is 3.09. The van der Waals surface area contributed by atoms with Gasteiger partial charge in [-0.25, -0.2) is 0 Å². The van der Waals surface area contributed by atoms with Crippen molar-refractivity contribution in [2.24, 2.45) is 5.92 Å². The monoisotopic (exact) mass is 404 g/mol. The molecule has 1 N–H and O–H groups in total. The second-order valence-corrected chi connectivity index (χ2v) is 6.72. The van der Waals surface area contributed by atoms with Gasteiger partial charge in [0, 0.05) is 41.5 Å². The summed E-state index contributed by atoms with van der Waals surface area (Å²) < 4.78 is 15.9. The number of carbonyl (C=O) groups excluding carboxylic acids is 2. The van der Waals surface area contributed by atoms with Gasteiger partial charge in [-0.05, 0) is 24.3 Å². The summed E-state index contributed by atoms with van der Waals surface area (Å²) >= 11 is 5.90. The summed E-state index contributed by atoms with van der Waals surface area (Å²) in [5, 5.41) is 3.42. The minimum absolute atomic E-state index is 0.104. The van der Waals surface area contributed by atoms with Gasteiger partial charge in [-0.3, -0.25) is 9.59 Å². The van der Waals surface area contributed by atoms with E-state index < -0.39 is 5.92 Å². The van der Waals surface area contributed by atoms with Crippen molar-refractivity contribution in [1.82, 2.24) is 0 Å². The Balaban J connectivity index is 1.75. The Kier molecular flexibility index (Phi) is 5.94. The predicted octanol–water partition coefficient (Wildman–Crippen LogP) is 3.36. The fraction of sp³-hybridized carbons (Fsp3) is 0.300. The SMILES string of the molecule is COc1cc(NC(=O)C2CC(=O)N(c3ccc(Cl)cc3)C2)cc(OC)c1OC. The topological polar surface area (TPSA) is 77.1 Å². The van der Waals surface area contributed by atoms with Gasteiger partial charge in [-0.1, -0.05) is 11.6 Å². The molecule has 0 bridgehead atoms. The molecule has 0 aliphatic carbocycles. The molecule has 7 nitrogen and oxygen atoms in total. The van der Waals surface area contributed by atoms with Crippen molar-refractivity contribution in [3.05, 3.63) is 41.4 Å². The number of halogens is 1. The van der Waals surface area contributed by atoms with Crippen molar-refractivity contribution in [3.63, 3.8) is 0 Å². The zero-order valence-corrected chi connectivity index (χ0v) is 16.6. The lowest BCUT2D eigenvalue weighted by Crippen LogP contribution is -2.28. The number of methoxy groups -OCH3 is 3. The van der Waals surface area contributed by atoms with Gasteiger partial charge in [0.25, 0.3) is 0 Å². The van der Waals surface area contributed by atoms with E-state index in [1.54, 1.807) is 41.3 Å². The van der Waals surface area contributed by atoms with Crippen LogP contribution in [0.2, 0.25) is 5.02 Å². The van der Waals surface area contributed by atoms with E-state index in [4.69, 9.17) is 25.8 Å². The fourth-order valence-electron chi connectivity index (χ4n) is 3.15. The lowest BCUT2D eigenvalue weighted by molar-refractivity contribution is -0.122. The highest BCUT2D eigenvalue weighted by molar-refractivity contribution is 6.30. The molecule has 148 valence electrons. The van der Waals surface area contributed by atoms with Crippen LogP contribution in [0.3, 0.4) is 0 Å². The molecule has 1 atom stereocenters. The van der Waals surface area contributed by atoms with Gasteiger partial charge in [0.2, 0.25) is 17.6 Å². The number of benzene rings is 2. The highest BCUT2D eigenvalue weighted by atomic mass is 35.5. The average molecular weight is 405 g/mol. The van der Waals surface area contributed by atoms with Crippen LogP contribution in [0.1, 0.15) is 6.42 Å². The molecule has 2 aromatic rings. The number of hydrogen-bond donors (Lipinski definition) is 1. The predicted molar refractivity (Wildman–Crippen MR) is 107 cm³/mol. The Morgan fingerprint density at radius 2 is 1.68 bits per heavy atom. The number of carbonyl (C=O) groups is 2. The minimum Gasteiger partial charge on any atom is -0.493 e. The normalized spacial score (nSPS) is 16.1. The first kappa shape index (κ1) is 19.8. The summed E-state index contributed by atoms with van der Waals surface area (Å²) in [5.41, 5.74) is 1.22. The molecule has 0 radical (unpaired) electrons. The van der Waals surface area contributed by atoms with E-state index in [1.165, 1.54) is 21.3 Å². The van der Waals surface area contributed by atoms with Crippen LogP contribution in [0.25, 0.3) is 0 Å². The lowest BCUT2D eigenvalue weighted by Gasteiger charge is -2.17. The Hall–Kier alpha value is -2.93. The van der Waals surface area contributed by atoms with E-state index in [1.807, 2.05) is 0 Å². The summed E-state index contributed by atoms with van der Waals surface area (Å²) in [6.45, 7) is 0.302. The molecule has 1 fully saturated rings. The van der Waals surface area contributed by atoms with E-state index in [-0.39, 0.29) is 18.2 Å². The summed E-state index contributed by atoms with van der Waals surface area (Å²) in [4.78, 5) is 26.7. The number of rotatable bonds is 6. The second kappa shape index (κ2) is 8.39. The van der Waals surface area contributed by atoms with Crippen molar-refractivity contribution in [1.29, 1.82) is 0 Å². The largest absolute Gasteiger partial charge is 0.493 e. The Bertz CT molecular complexity index is 860. The van der Waals surface area contributed by atoms with Crippen molar-refractivity contribution in [2.75, 3.05) is 38.1 Å². The first-order valence-electron chi connectivity index (χ1n) is 8.63. The number of nitrogens with zero attached hydrogens (tertiary/aromatic N) is 1. The van der Waals surface area contributed by atoms with Crippen LogP contribution < -0.4 is 24.4 Å². The van der Waals surface area contributed by atoms with Gasteiger partial charge in [0.05, 0.1) is 27.2 Å². The molecule has 0 aromatic heterocycles. The molecule has 1 aliphatic heterocycles. The van der Waals surface area contributed by atoms with Gasteiger partial charge < -0.3 is 24.4 Å². The number of hydrogen-bond acceptors (Lipinski definition) is 5. The Morgan fingerprint density at radius 1 is 1.07 bits per heavy atom. The first-order valence-corrected chi connectivity index (χ1v) is 9.01. The van der Waals surface area contributed by atoms with Crippen LogP contribution in [-0.4, -0.2) is 39.7 Å². The molecule has 1 unspecified atom stereocenters. The summed E-state index contributed by atoms with van der Waals surface area (Å²) in [7, 11) is 4.51. The second-order valence-electron chi connectivity index (χ2n) is 6.29. The van der Waals surface area contributed by atoms with Gasteiger partial charge >= 0.3 is 0 Å². The van der Waals surface area contributed by atoms with Crippen molar-refractivity contribution >= 4 is 34.8 Å². The molecule has 0 saturated carbocycles. The van der Waals surface area contributed by atoms with Crippen LogP contribution >= 0.6 is 11.6 Å². The lowest BCUT2D eigenvalue weighted by atomic mass is 10.1. The van der Waals surface area contributed by atoms with E-state index >= 15 is 0 Å². The smallest absolute Gasteiger partial charge is 0.229 e. The molecule has 2 aromatic carbocycles. The molecule has 0 spiro atoms. The minimum atomic E-state index is -0.470. The maximum Gasteiger partial charge on any atom is 0.229 e. The van der Waals surface area contributed by atoms with Gasteiger partial charge in [-0.15, -0.1) is 0 Å². The molecule has 3 rings (SSSR count). The molecular formula is C20H21ClN2O5. The summed E-state index contributed by atoms with van der Waals surface area (Å²) in [5.74, 6) is 0.478. The number of nitrogens with one attached hydrogen (secondary N) is 1. The maximum atomic E-state index is 12.7. The molecule has 1 aliphatic rings. The van der Waals surface area contributed by atoms with Crippen LogP contribution in [0.5, 0.6) is 17.2 Å². The van der Waals surface area contributed by atoms with Crippen molar-refractivity contribution in [3.8, 4) is 17.2 Å². The van der Waals surface area contributed by atoms with Crippen LogP contribution in [-0.2, 0) is 9.59 Å². The summed E-state index contributed by atoms with van der Waals surface area (Å²) in [6.07, 6.45) is 0.138. The first-order chi connectivity index (χ1) is 13.5. The van der Waals surface area contributed by atoms with Crippen LogP contribution in [0.4, 0.5) is 11.4 Å². The Morgan fingerprint density at radius 3 is 2.21 bits per heavy atom. The van der Waals surface area contributed by atoms with Crippen molar-refractivity contribution < 1.29 is 23.8 Å². The van der Waals surface area contributed by atoms with Gasteiger partial charge in [0.15, 0.2) is 11.5 Å². The zero-order chi connectivity index (χ0) is 20.3. The third-order valence-corrected chi connectivity index (χ3v) is 4.82. The summed E-state index contributed by atoms with van der Waals surface area (Å²) in [6, 6.07) is 10.3. The molecule has 28 heavy (non-hydrogen) atoms. The number of amides is 2. The quantitative estimate of drug-likeness (QED) is 0.798. The molecule has 8 heteroatoms. The Labute approximate surface area is 168 Å². The zero-order valence-electron chi connectivity index (χ0n) is 15.8. The maximum absolute atomic E-state index is 12.7. The number of ether oxygens (including phenoxy) is 3. The van der Waals surface area contributed by atoms with Gasteiger partial charge in [0.1, 0.15) is 0 Å². The van der Waals surface area contributed by atoms with Crippen LogP contribution in [0.15, 0.2) is 36.4 Å². The third-order valence-electron chi connectivity index (χ3n) is 4.57. The fourth-order valence-corrected chi connectivity index (χ4v) is 3.28. The molecule has 1 saturated heterocycles. The number of anilines is 2. The molecule has 2 amide bonds. The molecular weight excluding hydrogens is 384 g/mol. The van der Waals surface area contributed by atoms with Gasteiger partial charge in [-0.2, -0.15) is 0 Å². The van der Waals surface area contributed by atoms with E-state index in [0.717, 1.165) is 5.69 Å². The standard InChI is InChI=1S/C20H21ClN2O5/c1-26-16-9-14(10-17(27-2)19(16)28-3)22-20(25)12-8-18(24)23(11-12)15-6-4-13(21)5-7-15/h4-7,9-10,12H,8,11H2,1-3H3,(H,22,25). The van der Waals surface area contributed by atoms with Crippen LogP contribution in [0, 0.1) is 5.92 Å². The van der Waals surface area contributed by atoms with E-state index in [9.17, 15) is 9.59 Å². The highest BCUT2D eigenvalue weighted by Crippen LogP contribution is 2.40. The van der Waals surface area contributed by atoms with E-state index in [0.29, 0.717) is 34.5 Å². The highest BCUT2D eigenvalue weighted by Gasteiger charge is 2.35. The van der Waals surface area contributed by atoms with E-state index in [2.05, 4.69) is 5.32 Å².